The number of benzene rings is 1. The van der Waals surface area contributed by atoms with Crippen LogP contribution in [0.15, 0.2) is 30.3 Å². The van der Waals surface area contributed by atoms with E-state index in [0.29, 0.717) is 4.83 Å². The van der Waals surface area contributed by atoms with Gasteiger partial charge in [-0.05, 0) is 12.0 Å². The van der Waals surface area contributed by atoms with E-state index in [2.05, 4.69) is 53.2 Å². The summed E-state index contributed by atoms with van der Waals surface area (Å²) in [6, 6.07) is 10.8. The maximum atomic E-state index is 3.79. The number of alkyl halides is 1. The smallest absolute Gasteiger partial charge is 0.0395 e. The molecule has 0 N–H and O–H groups in total. The maximum Gasteiger partial charge on any atom is 0.0395 e. The van der Waals surface area contributed by atoms with Crippen molar-refractivity contribution in [3.05, 3.63) is 35.9 Å². The SMILES string of the molecule is CCCCCCCCCC[C@@H](Br)c1ccccc1. The molecule has 0 heterocycles. The summed E-state index contributed by atoms with van der Waals surface area (Å²) in [5.41, 5.74) is 1.42. The molecular formula is C17H27Br. The molecule has 0 radical (unpaired) electrons. The molecular weight excluding hydrogens is 284 g/mol. The fourth-order valence-corrected chi connectivity index (χ4v) is 2.91. The maximum absolute atomic E-state index is 3.79. The molecule has 102 valence electrons. The van der Waals surface area contributed by atoms with Crippen LogP contribution < -0.4 is 0 Å². The van der Waals surface area contributed by atoms with Crippen LogP contribution in [0, 0.1) is 0 Å². The lowest BCUT2D eigenvalue weighted by molar-refractivity contribution is 0.564. The molecule has 0 spiro atoms. The van der Waals surface area contributed by atoms with E-state index in [4.69, 9.17) is 0 Å². The summed E-state index contributed by atoms with van der Waals surface area (Å²) in [5.74, 6) is 0. The lowest BCUT2D eigenvalue weighted by atomic mass is 10.0. The van der Waals surface area contributed by atoms with E-state index in [1.54, 1.807) is 0 Å². The Morgan fingerprint density at radius 2 is 1.39 bits per heavy atom. The van der Waals surface area contributed by atoms with Crippen molar-refractivity contribution in [2.75, 3.05) is 0 Å². The molecule has 0 fully saturated rings. The Bertz CT molecular complexity index is 281. The molecule has 1 aromatic carbocycles. The topological polar surface area (TPSA) is 0 Å². The molecule has 0 aromatic heterocycles. The first-order chi connectivity index (χ1) is 8.84. The molecule has 0 unspecified atom stereocenters. The summed E-state index contributed by atoms with van der Waals surface area (Å²) < 4.78 is 0. The summed E-state index contributed by atoms with van der Waals surface area (Å²) in [7, 11) is 0. The van der Waals surface area contributed by atoms with Crippen molar-refractivity contribution in [3.8, 4) is 0 Å². The highest BCUT2D eigenvalue weighted by Gasteiger charge is 2.05. The standard InChI is InChI=1S/C17H27Br/c1-2-3-4-5-6-7-8-12-15-17(18)16-13-10-9-11-14-16/h9-11,13-14,17H,2-8,12,15H2,1H3/t17-/m1/s1. The monoisotopic (exact) mass is 310 g/mol. The van der Waals surface area contributed by atoms with Gasteiger partial charge >= 0.3 is 0 Å². The third-order valence-corrected chi connectivity index (χ3v) is 4.46. The molecule has 0 amide bonds. The predicted octanol–water partition coefficient (Wildman–Crippen LogP) is 6.65. The number of hydrogen-bond donors (Lipinski definition) is 0. The normalized spacial score (nSPS) is 12.6. The van der Waals surface area contributed by atoms with Crippen molar-refractivity contribution >= 4 is 15.9 Å². The second-order valence-corrected chi connectivity index (χ2v) is 6.25. The molecule has 0 aliphatic rings. The van der Waals surface area contributed by atoms with Gasteiger partial charge in [-0.3, -0.25) is 0 Å². The number of halogens is 1. The molecule has 0 aliphatic heterocycles. The van der Waals surface area contributed by atoms with E-state index in [0.717, 1.165) is 0 Å². The minimum Gasteiger partial charge on any atom is -0.0839 e. The van der Waals surface area contributed by atoms with Crippen LogP contribution in [0.3, 0.4) is 0 Å². The van der Waals surface area contributed by atoms with Gasteiger partial charge in [-0.2, -0.15) is 0 Å². The molecule has 0 nitrogen and oxygen atoms in total. The highest BCUT2D eigenvalue weighted by Crippen LogP contribution is 2.28. The zero-order chi connectivity index (χ0) is 13.1. The van der Waals surface area contributed by atoms with Gasteiger partial charge in [-0.15, -0.1) is 0 Å². The Morgan fingerprint density at radius 3 is 2.00 bits per heavy atom. The van der Waals surface area contributed by atoms with Gasteiger partial charge in [0.2, 0.25) is 0 Å². The zero-order valence-electron chi connectivity index (χ0n) is 11.7. The lowest BCUT2D eigenvalue weighted by Crippen LogP contribution is -1.90. The first-order valence-electron chi connectivity index (χ1n) is 7.53. The molecule has 1 rings (SSSR count). The summed E-state index contributed by atoms with van der Waals surface area (Å²) in [4.78, 5) is 0.541. The third-order valence-electron chi connectivity index (χ3n) is 3.47. The number of hydrogen-bond acceptors (Lipinski definition) is 0. The van der Waals surface area contributed by atoms with E-state index in [1.807, 2.05) is 0 Å². The van der Waals surface area contributed by atoms with E-state index in [9.17, 15) is 0 Å². The van der Waals surface area contributed by atoms with Crippen LogP contribution in [0.2, 0.25) is 0 Å². The Kier molecular flexibility index (Phi) is 9.28. The summed E-state index contributed by atoms with van der Waals surface area (Å²) in [6.45, 7) is 2.28. The molecule has 0 saturated heterocycles. The van der Waals surface area contributed by atoms with Gasteiger partial charge < -0.3 is 0 Å². The van der Waals surface area contributed by atoms with Crippen molar-refractivity contribution in [2.45, 2.75) is 69.5 Å². The van der Waals surface area contributed by atoms with Crippen LogP contribution in [-0.2, 0) is 0 Å². The van der Waals surface area contributed by atoms with E-state index in [-0.39, 0.29) is 0 Å². The fourth-order valence-electron chi connectivity index (χ4n) is 2.29. The summed E-state index contributed by atoms with van der Waals surface area (Å²) >= 11 is 3.79. The van der Waals surface area contributed by atoms with Crippen LogP contribution in [0.1, 0.15) is 75.1 Å². The van der Waals surface area contributed by atoms with Gasteiger partial charge in [0, 0.05) is 4.83 Å². The quantitative estimate of drug-likeness (QED) is 0.335. The second-order valence-electron chi connectivity index (χ2n) is 5.14. The molecule has 1 atom stereocenters. The van der Waals surface area contributed by atoms with Crippen LogP contribution in [0.4, 0.5) is 0 Å². The van der Waals surface area contributed by atoms with Crippen LogP contribution >= 0.6 is 15.9 Å². The van der Waals surface area contributed by atoms with E-state index < -0.39 is 0 Å². The Labute approximate surface area is 121 Å². The molecule has 1 aromatic rings. The Balaban J connectivity index is 1.98. The van der Waals surface area contributed by atoms with E-state index >= 15 is 0 Å². The van der Waals surface area contributed by atoms with Gasteiger partial charge in [0.1, 0.15) is 0 Å². The number of unbranched alkanes of at least 4 members (excludes halogenated alkanes) is 7. The van der Waals surface area contributed by atoms with E-state index in [1.165, 1.54) is 63.4 Å². The van der Waals surface area contributed by atoms with Crippen molar-refractivity contribution in [1.82, 2.24) is 0 Å². The lowest BCUT2D eigenvalue weighted by Gasteiger charge is -2.09. The van der Waals surface area contributed by atoms with Crippen molar-refractivity contribution in [2.24, 2.45) is 0 Å². The Hall–Kier alpha value is -0.300. The van der Waals surface area contributed by atoms with Crippen molar-refractivity contribution < 1.29 is 0 Å². The first kappa shape index (κ1) is 15.8. The highest BCUT2D eigenvalue weighted by atomic mass is 79.9. The predicted molar refractivity (Wildman–Crippen MR) is 85.3 cm³/mol. The molecule has 18 heavy (non-hydrogen) atoms. The molecule has 1 heteroatoms. The second kappa shape index (κ2) is 10.6. The fraction of sp³-hybridized carbons (Fsp3) is 0.647. The van der Waals surface area contributed by atoms with Gasteiger partial charge in [0.15, 0.2) is 0 Å². The molecule has 0 bridgehead atoms. The van der Waals surface area contributed by atoms with Crippen LogP contribution in [0.5, 0.6) is 0 Å². The average Bonchev–Trinajstić information content (AvgIpc) is 2.42. The zero-order valence-corrected chi connectivity index (χ0v) is 13.3. The minimum absolute atomic E-state index is 0.541. The van der Waals surface area contributed by atoms with Crippen LogP contribution in [0.25, 0.3) is 0 Å². The molecule has 0 saturated carbocycles. The highest BCUT2D eigenvalue weighted by molar-refractivity contribution is 9.09. The first-order valence-corrected chi connectivity index (χ1v) is 8.45. The number of rotatable bonds is 10. The third kappa shape index (κ3) is 7.20. The van der Waals surface area contributed by atoms with Gasteiger partial charge in [0.25, 0.3) is 0 Å². The van der Waals surface area contributed by atoms with Crippen LogP contribution in [-0.4, -0.2) is 0 Å². The van der Waals surface area contributed by atoms with Crippen molar-refractivity contribution in [1.29, 1.82) is 0 Å². The van der Waals surface area contributed by atoms with Gasteiger partial charge in [-0.25, -0.2) is 0 Å². The largest absolute Gasteiger partial charge is 0.0839 e. The minimum atomic E-state index is 0.541. The van der Waals surface area contributed by atoms with Gasteiger partial charge in [0.05, 0.1) is 0 Å². The Morgan fingerprint density at radius 1 is 0.833 bits per heavy atom. The van der Waals surface area contributed by atoms with Gasteiger partial charge in [-0.1, -0.05) is 105 Å². The van der Waals surface area contributed by atoms with Crippen molar-refractivity contribution in [3.63, 3.8) is 0 Å². The summed E-state index contributed by atoms with van der Waals surface area (Å²) in [6.07, 6.45) is 12.5. The average molecular weight is 311 g/mol. The molecule has 0 aliphatic carbocycles. The summed E-state index contributed by atoms with van der Waals surface area (Å²) in [5, 5.41) is 0.